The number of halogens is 3. The number of benzene rings is 3. The number of alkyl halides is 3. The number of ether oxygens (including phenoxy) is 1. The van der Waals surface area contributed by atoms with Crippen molar-refractivity contribution in [2.24, 2.45) is 0 Å². The average Bonchev–Trinajstić information content (AvgIpc) is 3.26. The first-order chi connectivity index (χ1) is 15.9. The first-order valence-corrected chi connectivity index (χ1v) is 10.8. The van der Waals surface area contributed by atoms with Gasteiger partial charge in [-0.3, -0.25) is 9.36 Å². The van der Waals surface area contributed by atoms with Crippen LogP contribution < -0.4 is 4.74 Å². The zero-order valence-corrected chi connectivity index (χ0v) is 18.2. The largest absolute Gasteiger partial charge is 0.497 e. The number of ketones is 1. The van der Waals surface area contributed by atoms with Crippen molar-refractivity contribution in [3.8, 4) is 22.8 Å². The molecule has 0 saturated heterocycles. The maximum absolute atomic E-state index is 13.4. The predicted octanol–water partition coefficient (Wildman–Crippen LogP) is 5.94. The third-order valence-electron chi connectivity index (χ3n) is 4.84. The van der Waals surface area contributed by atoms with Crippen molar-refractivity contribution in [2.45, 2.75) is 11.3 Å². The Bertz CT molecular complexity index is 1260. The highest BCUT2D eigenvalue weighted by atomic mass is 32.2. The van der Waals surface area contributed by atoms with Crippen molar-refractivity contribution < 1.29 is 22.7 Å². The molecule has 9 heteroatoms. The van der Waals surface area contributed by atoms with Gasteiger partial charge >= 0.3 is 6.18 Å². The number of Topliss-reactive ketones (excluding diaryl/α,β-unsaturated/α-hetero) is 1. The van der Waals surface area contributed by atoms with Crippen LogP contribution in [0.3, 0.4) is 0 Å². The zero-order chi connectivity index (χ0) is 23.4. The molecular formula is C24H18F3N3O2S. The Hall–Kier alpha value is -3.59. The lowest BCUT2D eigenvalue weighted by atomic mass is 10.1. The SMILES string of the molecule is COc1ccc(-c2nnc(SCC(=O)c3ccccc3)n2-c2cccc(C(F)(F)F)c2)cc1. The molecule has 0 saturated carbocycles. The second kappa shape index (κ2) is 9.50. The number of aromatic nitrogens is 3. The highest BCUT2D eigenvalue weighted by molar-refractivity contribution is 7.99. The van der Waals surface area contributed by atoms with Crippen molar-refractivity contribution in [1.29, 1.82) is 0 Å². The Balaban J connectivity index is 1.74. The van der Waals surface area contributed by atoms with E-state index in [4.69, 9.17) is 4.74 Å². The fourth-order valence-electron chi connectivity index (χ4n) is 3.18. The van der Waals surface area contributed by atoms with Gasteiger partial charge in [-0.2, -0.15) is 13.2 Å². The number of thioether (sulfide) groups is 1. The molecule has 0 atom stereocenters. The van der Waals surface area contributed by atoms with Crippen molar-refractivity contribution in [3.05, 3.63) is 90.0 Å². The smallest absolute Gasteiger partial charge is 0.416 e. The number of methoxy groups -OCH3 is 1. The molecule has 0 unspecified atom stereocenters. The lowest BCUT2D eigenvalue weighted by Gasteiger charge is -2.13. The molecule has 0 radical (unpaired) electrons. The summed E-state index contributed by atoms with van der Waals surface area (Å²) >= 11 is 1.12. The maximum Gasteiger partial charge on any atom is 0.416 e. The van der Waals surface area contributed by atoms with Gasteiger partial charge in [0.25, 0.3) is 0 Å². The first-order valence-electron chi connectivity index (χ1n) is 9.85. The summed E-state index contributed by atoms with van der Waals surface area (Å²) in [5.41, 5.74) is 0.647. The van der Waals surface area contributed by atoms with E-state index in [2.05, 4.69) is 10.2 Å². The van der Waals surface area contributed by atoms with E-state index in [1.54, 1.807) is 61.7 Å². The van der Waals surface area contributed by atoms with Crippen molar-refractivity contribution in [3.63, 3.8) is 0 Å². The van der Waals surface area contributed by atoms with Crippen LogP contribution in [0, 0.1) is 0 Å². The van der Waals surface area contributed by atoms with Gasteiger partial charge in [0, 0.05) is 11.1 Å². The Morgan fingerprint density at radius 2 is 1.70 bits per heavy atom. The van der Waals surface area contributed by atoms with E-state index in [1.807, 2.05) is 6.07 Å². The second-order valence-electron chi connectivity index (χ2n) is 7.00. The normalized spacial score (nSPS) is 11.4. The van der Waals surface area contributed by atoms with E-state index < -0.39 is 11.7 Å². The summed E-state index contributed by atoms with van der Waals surface area (Å²) in [7, 11) is 1.54. The van der Waals surface area contributed by atoms with E-state index >= 15 is 0 Å². The zero-order valence-electron chi connectivity index (χ0n) is 17.4. The predicted molar refractivity (Wildman–Crippen MR) is 120 cm³/mol. The Labute approximate surface area is 192 Å². The molecule has 0 fully saturated rings. The number of carbonyl (C=O) groups is 1. The third-order valence-corrected chi connectivity index (χ3v) is 5.77. The molecule has 4 aromatic rings. The minimum absolute atomic E-state index is 0.0592. The summed E-state index contributed by atoms with van der Waals surface area (Å²) in [6, 6.07) is 20.7. The number of hydrogen-bond acceptors (Lipinski definition) is 5. The maximum atomic E-state index is 13.4. The lowest BCUT2D eigenvalue weighted by Crippen LogP contribution is -2.08. The van der Waals surface area contributed by atoms with Crippen molar-refractivity contribution in [1.82, 2.24) is 14.8 Å². The van der Waals surface area contributed by atoms with E-state index in [1.165, 1.54) is 10.6 Å². The molecule has 1 heterocycles. The topological polar surface area (TPSA) is 57.0 Å². The summed E-state index contributed by atoms with van der Waals surface area (Å²) in [5.74, 6) is 0.924. The average molecular weight is 469 g/mol. The van der Waals surface area contributed by atoms with Gasteiger partial charge in [0.05, 0.1) is 24.1 Å². The van der Waals surface area contributed by atoms with Crippen LogP contribution in [0.1, 0.15) is 15.9 Å². The minimum atomic E-state index is -4.50. The van der Waals surface area contributed by atoms with Crippen LogP contribution in [0.2, 0.25) is 0 Å². The Morgan fingerprint density at radius 3 is 2.36 bits per heavy atom. The van der Waals surface area contributed by atoms with Crippen LogP contribution in [0.25, 0.3) is 17.1 Å². The Kier molecular flexibility index (Phi) is 6.50. The van der Waals surface area contributed by atoms with Gasteiger partial charge in [-0.1, -0.05) is 48.2 Å². The molecule has 0 amide bonds. The quantitative estimate of drug-likeness (QED) is 0.248. The monoisotopic (exact) mass is 469 g/mol. The van der Waals surface area contributed by atoms with Crippen LogP contribution in [0.5, 0.6) is 5.75 Å². The van der Waals surface area contributed by atoms with Crippen LogP contribution in [-0.4, -0.2) is 33.4 Å². The molecule has 0 aliphatic rings. The third kappa shape index (κ3) is 5.09. The number of nitrogens with zero attached hydrogens (tertiary/aromatic N) is 3. The van der Waals surface area contributed by atoms with Crippen LogP contribution in [0.4, 0.5) is 13.2 Å². The molecule has 4 rings (SSSR count). The molecule has 1 aromatic heterocycles. The highest BCUT2D eigenvalue weighted by Gasteiger charge is 2.31. The molecular weight excluding hydrogens is 451 g/mol. The van der Waals surface area contributed by atoms with Gasteiger partial charge in [-0.05, 0) is 42.5 Å². The molecule has 0 N–H and O–H groups in total. The Morgan fingerprint density at radius 1 is 0.970 bits per heavy atom. The van der Waals surface area contributed by atoms with E-state index in [9.17, 15) is 18.0 Å². The van der Waals surface area contributed by atoms with Gasteiger partial charge in [0.1, 0.15) is 5.75 Å². The van der Waals surface area contributed by atoms with Gasteiger partial charge in [-0.15, -0.1) is 10.2 Å². The minimum Gasteiger partial charge on any atom is -0.497 e. The summed E-state index contributed by atoms with van der Waals surface area (Å²) in [5, 5.41) is 8.71. The summed E-state index contributed by atoms with van der Waals surface area (Å²) in [4.78, 5) is 12.6. The van der Waals surface area contributed by atoms with E-state index in [-0.39, 0.29) is 17.2 Å². The molecule has 0 bridgehead atoms. The summed E-state index contributed by atoms with van der Waals surface area (Å²) < 4.78 is 46.8. The lowest BCUT2D eigenvalue weighted by molar-refractivity contribution is -0.137. The van der Waals surface area contributed by atoms with Gasteiger partial charge < -0.3 is 4.74 Å². The number of carbonyl (C=O) groups excluding carboxylic acids is 1. The molecule has 3 aromatic carbocycles. The molecule has 168 valence electrons. The van der Waals surface area contributed by atoms with Crippen LogP contribution in [0.15, 0.2) is 84.0 Å². The fraction of sp³-hybridized carbons (Fsp3) is 0.125. The van der Waals surface area contributed by atoms with Gasteiger partial charge in [0.2, 0.25) is 0 Å². The summed E-state index contributed by atoms with van der Waals surface area (Å²) in [6.45, 7) is 0. The van der Waals surface area contributed by atoms with Crippen molar-refractivity contribution in [2.75, 3.05) is 12.9 Å². The van der Waals surface area contributed by atoms with Crippen LogP contribution >= 0.6 is 11.8 Å². The molecule has 0 spiro atoms. The second-order valence-corrected chi connectivity index (χ2v) is 7.94. The van der Waals surface area contributed by atoms with Gasteiger partial charge in [0.15, 0.2) is 16.8 Å². The fourth-order valence-corrected chi connectivity index (χ4v) is 4.03. The van der Waals surface area contributed by atoms with Crippen molar-refractivity contribution >= 4 is 17.5 Å². The standard InChI is InChI=1S/C24H18F3N3O2S/c1-32-20-12-10-17(11-13-20)22-28-29-23(33-15-21(31)16-6-3-2-4-7-16)30(22)19-9-5-8-18(14-19)24(25,26)27/h2-14H,15H2,1H3. The highest BCUT2D eigenvalue weighted by Crippen LogP contribution is 2.33. The number of hydrogen-bond donors (Lipinski definition) is 0. The molecule has 5 nitrogen and oxygen atoms in total. The van der Waals surface area contributed by atoms with Crippen LogP contribution in [-0.2, 0) is 6.18 Å². The molecule has 0 aliphatic carbocycles. The van der Waals surface area contributed by atoms with E-state index in [0.29, 0.717) is 27.9 Å². The summed E-state index contributed by atoms with van der Waals surface area (Å²) in [6.07, 6.45) is -4.50. The molecule has 33 heavy (non-hydrogen) atoms. The first kappa shape index (κ1) is 22.6. The number of rotatable bonds is 7. The van der Waals surface area contributed by atoms with E-state index in [0.717, 1.165) is 23.9 Å². The molecule has 0 aliphatic heterocycles. The van der Waals surface area contributed by atoms with Gasteiger partial charge in [-0.25, -0.2) is 0 Å².